The van der Waals surface area contributed by atoms with Crippen molar-refractivity contribution in [2.75, 3.05) is 19.8 Å². The Kier molecular flexibility index (Phi) is 3.69. The molecule has 1 fully saturated rings. The first kappa shape index (κ1) is 10.6. The van der Waals surface area contributed by atoms with E-state index in [0.717, 1.165) is 38.4 Å². The highest BCUT2D eigenvalue weighted by atomic mass is 16.5. The van der Waals surface area contributed by atoms with Gasteiger partial charge in [-0.2, -0.15) is 5.10 Å². The molecular weight excluding hydrogens is 192 g/mol. The predicted molar refractivity (Wildman–Crippen MR) is 56.3 cm³/mol. The molecule has 5 heteroatoms. The van der Waals surface area contributed by atoms with Gasteiger partial charge in [0.2, 0.25) is 0 Å². The van der Waals surface area contributed by atoms with Gasteiger partial charge in [-0.15, -0.1) is 0 Å². The minimum absolute atomic E-state index is 0.293. The summed E-state index contributed by atoms with van der Waals surface area (Å²) in [6.45, 7) is 4.78. The van der Waals surface area contributed by atoms with E-state index in [-0.39, 0.29) is 0 Å². The first-order valence-corrected chi connectivity index (χ1v) is 5.58. The molecule has 0 aliphatic carbocycles. The van der Waals surface area contributed by atoms with Crippen LogP contribution in [-0.2, 0) is 4.74 Å². The minimum Gasteiger partial charge on any atom is -0.381 e. The molecule has 1 aromatic heterocycles. The van der Waals surface area contributed by atoms with Gasteiger partial charge in [-0.3, -0.25) is 5.10 Å². The fraction of sp³-hybridized carbons (Fsp3) is 0.800. The lowest BCUT2D eigenvalue weighted by molar-refractivity contribution is 0.0527. The van der Waals surface area contributed by atoms with Gasteiger partial charge in [0, 0.05) is 13.2 Å². The van der Waals surface area contributed by atoms with Gasteiger partial charge in [0.05, 0.1) is 6.04 Å². The molecule has 0 saturated carbocycles. The van der Waals surface area contributed by atoms with E-state index in [1.807, 2.05) is 0 Å². The summed E-state index contributed by atoms with van der Waals surface area (Å²) in [4.78, 5) is 4.24. The maximum Gasteiger partial charge on any atom is 0.141 e. The molecule has 0 bridgehead atoms. The van der Waals surface area contributed by atoms with E-state index < -0.39 is 0 Å². The smallest absolute Gasteiger partial charge is 0.141 e. The number of hydrogen-bond acceptors (Lipinski definition) is 4. The number of H-pyrrole nitrogens is 1. The zero-order valence-corrected chi connectivity index (χ0v) is 9.07. The Labute approximate surface area is 89.6 Å². The van der Waals surface area contributed by atoms with Crippen molar-refractivity contribution >= 4 is 0 Å². The summed E-state index contributed by atoms with van der Waals surface area (Å²) in [7, 11) is 0. The first-order chi connectivity index (χ1) is 7.42. The quantitative estimate of drug-likeness (QED) is 0.774. The van der Waals surface area contributed by atoms with Crippen LogP contribution in [0.25, 0.3) is 0 Å². The number of rotatable bonds is 4. The second-order valence-corrected chi connectivity index (χ2v) is 3.86. The normalized spacial score (nSPS) is 20.3. The molecule has 0 aromatic carbocycles. The van der Waals surface area contributed by atoms with E-state index in [1.54, 1.807) is 6.33 Å². The third kappa shape index (κ3) is 2.54. The standard InChI is InChI=1S/C10H18N4O/c1-2-11-9(10-12-7-13-14-10)8-3-5-15-6-4-8/h7-9,11H,2-6H2,1H3,(H,12,13,14). The summed E-state index contributed by atoms with van der Waals surface area (Å²) in [6, 6.07) is 0.293. The third-order valence-corrected chi connectivity index (χ3v) is 2.89. The largest absolute Gasteiger partial charge is 0.381 e. The summed E-state index contributed by atoms with van der Waals surface area (Å²) in [5, 5.41) is 10.3. The molecule has 2 rings (SSSR count). The average molecular weight is 210 g/mol. The van der Waals surface area contributed by atoms with Crippen LogP contribution in [0.3, 0.4) is 0 Å². The molecule has 2 heterocycles. The van der Waals surface area contributed by atoms with Crippen molar-refractivity contribution in [3.63, 3.8) is 0 Å². The predicted octanol–water partition coefficient (Wildman–Crippen LogP) is 0.882. The number of hydrogen-bond donors (Lipinski definition) is 2. The summed E-state index contributed by atoms with van der Waals surface area (Å²) >= 11 is 0. The second-order valence-electron chi connectivity index (χ2n) is 3.86. The van der Waals surface area contributed by atoms with E-state index in [9.17, 15) is 0 Å². The lowest BCUT2D eigenvalue weighted by Crippen LogP contribution is -2.32. The fourth-order valence-electron chi connectivity index (χ4n) is 2.12. The van der Waals surface area contributed by atoms with E-state index >= 15 is 0 Å². The zero-order valence-electron chi connectivity index (χ0n) is 9.07. The molecule has 1 aliphatic rings. The lowest BCUT2D eigenvalue weighted by Gasteiger charge is -2.29. The average Bonchev–Trinajstić information content (AvgIpc) is 2.80. The van der Waals surface area contributed by atoms with Gasteiger partial charge in [0.15, 0.2) is 0 Å². The summed E-state index contributed by atoms with van der Waals surface area (Å²) in [5.41, 5.74) is 0. The van der Waals surface area contributed by atoms with Crippen molar-refractivity contribution in [1.29, 1.82) is 0 Å². The molecule has 0 radical (unpaired) electrons. The zero-order chi connectivity index (χ0) is 10.5. The molecule has 1 unspecified atom stereocenters. The molecule has 0 amide bonds. The second kappa shape index (κ2) is 5.23. The van der Waals surface area contributed by atoms with Gasteiger partial charge in [0.1, 0.15) is 12.2 Å². The van der Waals surface area contributed by atoms with Gasteiger partial charge in [-0.05, 0) is 25.3 Å². The highest BCUT2D eigenvalue weighted by Crippen LogP contribution is 2.27. The van der Waals surface area contributed by atoms with Gasteiger partial charge in [-0.25, -0.2) is 4.98 Å². The van der Waals surface area contributed by atoms with Gasteiger partial charge in [-0.1, -0.05) is 6.92 Å². The molecule has 2 N–H and O–H groups in total. The van der Waals surface area contributed by atoms with E-state index in [2.05, 4.69) is 27.4 Å². The third-order valence-electron chi connectivity index (χ3n) is 2.89. The topological polar surface area (TPSA) is 62.8 Å². The van der Waals surface area contributed by atoms with Crippen molar-refractivity contribution in [3.8, 4) is 0 Å². The van der Waals surface area contributed by atoms with Crippen LogP contribution in [0.1, 0.15) is 31.6 Å². The molecular formula is C10H18N4O. The van der Waals surface area contributed by atoms with Gasteiger partial charge in [0.25, 0.3) is 0 Å². The Hall–Kier alpha value is -0.940. The van der Waals surface area contributed by atoms with Crippen molar-refractivity contribution in [3.05, 3.63) is 12.2 Å². The highest BCUT2D eigenvalue weighted by molar-refractivity contribution is 4.95. The monoisotopic (exact) mass is 210 g/mol. The molecule has 84 valence electrons. The van der Waals surface area contributed by atoms with Crippen LogP contribution < -0.4 is 5.32 Å². The maximum absolute atomic E-state index is 5.37. The van der Waals surface area contributed by atoms with Gasteiger partial charge >= 0.3 is 0 Å². The minimum atomic E-state index is 0.293. The summed E-state index contributed by atoms with van der Waals surface area (Å²) in [6.07, 6.45) is 3.76. The summed E-state index contributed by atoms with van der Waals surface area (Å²) in [5.74, 6) is 1.55. The molecule has 5 nitrogen and oxygen atoms in total. The number of nitrogens with one attached hydrogen (secondary N) is 2. The Balaban J connectivity index is 2.04. The number of aromatic amines is 1. The molecule has 15 heavy (non-hydrogen) atoms. The van der Waals surface area contributed by atoms with Crippen molar-refractivity contribution in [2.45, 2.75) is 25.8 Å². The summed E-state index contributed by atoms with van der Waals surface area (Å²) < 4.78 is 5.37. The van der Waals surface area contributed by atoms with Crippen LogP contribution in [0.5, 0.6) is 0 Å². The van der Waals surface area contributed by atoms with E-state index in [0.29, 0.717) is 12.0 Å². The SMILES string of the molecule is CCNC(c1ncn[nH]1)C1CCOCC1. The molecule has 1 aliphatic heterocycles. The Morgan fingerprint density at radius 3 is 3.00 bits per heavy atom. The Morgan fingerprint density at radius 1 is 1.60 bits per heavy atom. The van der Waals surface area contributed by atoms with Crippen LogP contribution in [0.4, 0.5) is 0 Å². The van der Waals surface area contributed by atoms with E-state index in [4.69, 9.17) is 4.74 Å². The van der Waals surface area contributed by atoms with Crippen molar-refractivity contribution in [2.24, 2.45) is 5.92 Å². The van der Waals surface area contributed by atoms with Crippen molar-refractivity contribution < 1.29 is 4.74 Å². The number of ether oxygens (including phenoxy) is 1. The molecule has 1 atom stereocenters. The van der Waals surface area contributed by atoms with Crippen LogP contribution in [0, 0.1) is 5.92 Å². The molecule has 0 spiro atoms. The van der Waals surface area contributed by atoms with Crippen LogP contribution in [0.2, 0.25) is 0 Å². The van der Waals surface area contributed by atoms with Crippen molar-refractivity contribution in [1.82, 2.24) is 20.5 Å². The Bertz CT molecular complexity index is 269. The number of aromatic nitrogens is 3. The maximum atomic E-state index is 5.37. The Morgan fingerprint density at radius 2 is 2.40 bits per heavy atom. The molecule has 1 saturated heterocycles. The van der Waals surface area contributed by atoms with E-state index in [1.165, 1.54) is 0 Å². The lowest BCUT2D eigenvalue weighted by atomic mass is 9.91. The fourth-order valence-corrected chi connectivity index (χ4v) is 2.12. The van der Waals surface area contributed by atoms with Crippen LogP contribution in [0.15, 0.2) is 6.33 Å². The highest BCUT2D eigenvalue weighted by Gasteiger charge is 2.26. The number of nitrogens with zero attached hydrogens (tertiary/aromatic N) is 2. The van der Waals surface area contributed by atoms with Crippen LogP contribution in [-0.4, -0.2) is 34.9 Å². The molecule has 1 aromatic rings. The van der Waals surface area contributed by atoms with Gasteiger partial charge < -0.3 is 10.1 Å². The first-order valence-electron chi connectivity index (χ1n) is 5.58. The van der Waals surface area contributed by atoms with Crippen LogP contribution >= 0.6 is 0 Å².